The Labute approximate surface area is 120 Å². The van der Waals surface area contributed by atoms with Crippen LogP contribution in [-0.4, -0.2) is 36.1 Å². The Morgan fingerprint density at radius 2 is 2.24 bits per heavy atom. The van der Waals surface area contributed by atoms with Crippen LogP contribution in [0.1, 0.15) is 23.2 Å². The van der Waals surface area contributed by atoms with E-state index >= 15 is 0 Å². The van der Waals surface area contributed by atoms with Crippen molar-refractivity contribution >= 4 is 23.3 Å². The molecule has 4 N–H and O–H groups in total. The standard InChI is InChI=1S/C14H16FN3O3/c15-8-3-4-9(11(12(8)16)14(20)21)18-5-1-2-7-10(18)6-17-13(7)19/h3-4,7,10H,1-2,5-6,16H2,(H,17,19)(H,20,21). The predicted molar refractivity (Wildman–Crippen MR) is 74.6 cm³/mol. The van der Waals surface area contributed by atoms with Crippen molar-refractivity contribution < 1.29 is 19.1 Å². The van der Waals surface area contributed by atoms with Gasteiger partial charge in [0.1, 0.15) is 11.4 Å². The van der Waals surface area contributed by atoms with Gasteiger partial charge in [-0.15, -0.1) is 0 Å². The van der Waals surface area contributed by atoms with Crippen molar-refractivity contribution in [2.24, 2.45) is 5.92 Å². The summed E-state index contributed by atoms with van der Waals surface area (Å²) in [5.74, 6) is -2.16. The molecule has 0 aliphatic carbocycles. The van der Waals surface area contributed by atoms with E-state index in [1.165, 1.54) is 12.1 Å². The molecule has 2 heterocycles. The van der Waals surface area contributed by atoms with E-state index in [-0.39, 0.29) is 29.1 Å². The van der Waals surface area contributed by atoms with Crippen LogP contribution in [0.5, 0.6) is 0 Å². The maximum atomic E-state index is 13.5. The summed E-state index contributed by atoms with van der Waals surface area (Å²) in [5.41, 5.74) is 5.38. The van der Waals surface area contributed by atoms with E-state index in [9.17, 15) is 19.1 Å². The summed E-state index contributed by atoms with van der Waals surface area (Å²) in [6.07, 6.45) is 1.57. The number of halogens is 1. The highest BCUT2D eigenvalue weighted by Crippen LogP contribution is 2.36. The van der Waals surface area contributed by atoms with Gasteiger partial charge in [0.05, 0.1) is 23.3 Å². The van der Waals surface area contributed by atoms with Crippen LogP contribution in [0.2, 0.25) is 0 Å². The molecule has 0 saturated carbocycles. The van der Waals surface area contributed by atoms with Crippen LogP contribution in [0.15, 0.2) is 12.1 Å². The lowest BCUT2D eigenvalue weighted by Gasteiger charge is -2.38. The van der Waals surface area contributed by atoms with Crippen LogP contribution in [0.4, 0.5) is 15.8 Å². The Kier molecular flexibility index (Phi) is 3.19. The summed E-state index contributed by atoms with van der Waals surface area (Å²) >= 11 is 0. The van der Waals surface area contributed by atoms with Crippen molar-refractivity contribution in [3.05, 3.63) is 23.5 Å². The van der Waals surface area contributed by atoms with Crippen molar-refractivity contribution in [1.29, 1.82) is 0 Å². The van der Waals surface area contributed by atoms with Crippen molar-refractivity contribution in [2.45, 2.75) is 18.9 Å². The molecule has 2 aliphatic heterocycles. The molecule has 2 saturated heterocycles. The zero-order valence-electron chi connectivity index (χ0n) is 11.3. The number of nitrogens with one attached hydrogen (secondary N) is 1. The van der Waals surface area contributed by atoms with E-state index in [0.717, 1.165) is 12.8 Å². The van der Waals surface area contributed by atoms with Crippen LogP contribution in [0.3, 0.4) is 0 Å². The van der Waals surface area contributed by atoms with Gasteiger partial charge in [-0.3, -0.25) is 4.79 Å². The summed E-state index contributed by atoms with van der Waals surface area (Å²) < 4.78 is 13.5. The lowest BCUT2D eigenvalue weighted by Crippen LogP contribution is -2.46. The van der Waals surface area contributed by atoms with E-state index in [1.807, 2.05) is 4.90 Å². The molecule has 2 aliphatic rings. The quantitative estimate of drug-likeness (QED) is 0.702. The second-order valence-corrected chi connectivity index (χ2v) is 5.41. The van der Waals surface area contributed by atoms with Gasteiger partial charge in [-0.1, -0.05) is 0 Å². The van der Waals surface area contributed by atoms with Gasteiger partial charge in [0.2, 0.25) is 5.91 Å². The molecule has 7 heteroatoms. The monoisotopic (exact) mass is 293 g/mol. The second kappa shape index (κ2) is 4.91. The molecule has 2 fully saturated rings. The number of carboxylic acids is 1. The molecular weight excluding hydrogens is 277 g/mol. The van der Waals surface area contributed by atoms with Gasteiger partial charge < -0.3 is 21.1 Å². The first-order chi connectivity index (χ1) is 10.0. The van der Waals surface area contributed by atoms with Crippen molar-refractivity contribution in [2.75, 3.05) is 23.7 Å². The predicted octanol–water partition coefficient (Wildman–Crippen LogP) is 0.821. The maximum absolute atomic E-state index is 13.5. The van der Waals surface area contributed by atoms with E-state index in [1.54, 1.807) is 0 Å². The minimum atomic E-state index is -1.26. The second-order valence-electron chi connectivity index (χ2n) is 5.41. The number of carbonyl (C=O) groups is 2. The fourth-order valence-corrected chi connectivity index (χ4v) is 3.30. The summed E-state index contributed by atoms with van der Waals surface area (Å²) in [6.45, 7) is 1.10. The minimum Gasteiger partial charge on any atom is -0.478 e. The molecule has 0 aromatic heterocycles. The lowest BCUT2D eigenvalue weighted by atomic mass is 9.90. The van der Waals surface area contributed by atoms with Crippen LogP contribution in [0, 0.1) is 11.7 Å². The van der Waals surface area contributed by atoms with E-state index in [4.69, 9.17) is 5.73 Å². The zero-order chi connectivity index (χ0) is 15.1. The molecular formula is C14H16FN3O3. The zero-order valence-corrected chi connectivity index (χ0v) is 11.3. The van der Waals surface area contributed by atoms with Gasteiger partial charge in [-0.2, -0.15) is 0 Å². The number of carboxylic acid groups (broad SMARTS) is 1. The average Bonchev–Trinajstić information content (AvgIpc) is 2.83. The molecule has 0 radical (unpaired) electrons. The highest BCUT2D eigenvalue weighted by molar-refractivity contribution is 6.00. The Morgan fingerprint density at radius 3 is 2.95 bits per heavy atom. The molecule has 2 unspecified atom stereocenters. The number of fused-ring (bicyclic) bond motifs is 1. The number of anilines is 2. The third kappa shape index (κ3) is 2.09. The van der Waals surface area contributed by atoms with Gasteiger partial charge in [-0.05, 0) is 25.0 Å². The number of benzene rings is 1. The van der Waals surface area contributed by atoms with Crippen LogP contribution in [0.25, 0.3) is 0 Å². The number of piperidine rings is 1. The third-order valence-electron chi connectivity index (χ3n) is 4.29. The summed E-state index contributed by atoms with van der Waals surface area (Å²) in [4.78, 5) is 25.1. The average molecular weight is 293 g/mol. The molecule has 21 heavy (non-hydrogen) atoms. The van der Waals surface area contributed by atoms with Crippen molar-refractivity contribution in [1.82, 2.24) is 5.32 Å². The van der Waals surface area contributed by atoms with Gasteiger partial charge in [0.15, 0.2) is 0 Å². The summed E-state index contributed by atoms with van der Waals surface area (Å²) in [5, 5.41) is 12.1. The number of nitrogens with two attached hydrogens (primary N) is 1. The highest BCUT2D eigenvalue weighted by Gasteiger charge is 2.42. The topological polar surface area (TPSA) is 95.7 Å². The largest absolute Gasteiger partial charge is 0.478 e. The third-order valence-corrected chi connectivity index (χ3v) is 4.29. The lowest BCUT2D eigenvalue weighted by molar-refractivity contribution is -0.123. The number of hydrogen-bond donors (Lipinski definition) is 3. The Hall–Kier alpha value is -2.31. The molecule has 0 spiro atoms. The fourth-order valence-electron chi connectivity index (χ4n) is 3.30. The Balaban J connectivity index is 2.06. The minimum absolute atomic E-state index is 0.00309. The fraction of sp³-hybridized carbons (Fsp3) is 0.429. The SMILES string of the molecule is Nc1c(F)ccc(N2CCCC3C(=O)NCC32)c1C(=O)O. The number of nitrogens with zero attached hydrogens (tertiary/aromatic N) is 1. The van der Waals surface area contributed by atoms with E-state index in [2.05, 4.69) is 5.32 Å². The number of aromatic carboxylic acids is 1. The Morgan fingerprint density at radius 1 is 1.48 bits per heavy atom. The van der Waals surface area contributed by atoms with Crippen LogP contribution < -0.4 is 16.0 Å². The van der Waals surface area contributed by atoms with Crippen LogP contribution >= 0.6 is 0 Å². The van der Waals surface area contributed by atoms with Crippen molar-refractivity contribution in [3.8, 4) is 0 Å². The molecule has 1 aromatic carbocycles. The Bertz CT molecular complexity index is 620. The van der Waals surface area contributed by atoms with Crippen molar-refractivity contribution in [3.63, 3.8) is 0 Å². The van der Waals surface area contributed by atoms with E-state index < -0.39 is 11.8 Å². The molecule has 112 valence electrons. The van der Waals surface area contributed by atoms with Gasteiger partial charge >= 0.3 is 5.97 Å². The molecule has 1 amide bonds. The highest BCUT2D eigenvalue weighted by atomic mass is 19.1. The van der Waals surface area contributed by atoms with Gasteiger partial charge in [0.25, 0.3) is 0 Å². The number of nitrogen functional groups attached to an aromatic ring is 1. The van der Waals surface area contributed by atoms with Gasteiger partial charge in [0, 0.05) is 13.1 Å². The number of rotatable bonds is 2. The first-order valence-electron chi connectivity index (χ1n) is 6.86. The number of amides is 1. The van der Waals surface area contributed by atoms with Crippen LogP contribution in [-0.2, 0) is 4.79 Å². The molecule has 1 aromatic rings. The summed E-state index contributed by atoms with van der Waals surface area (Å²) in [7, 11) is 0. The molecule has 6 nitrogen and oxygen atoms in total. The number of carbonyl (C=O) groups excluding carboxylic acids is 1. The van der Waals surface area contributed by atoms with Gasteiger partial charge in [-0.25, -0.2) is 9.18 Å². The molecule has 0 bridgehead atoms. The first-order valence-corrected chi connectivity index (χ1v) is 6.86. The smallest absolute Gasteiger partial charge is 0.340 e. The maximum Gasteiger partial charge on any atom is 0.340 e. The first kappa shape index (κ1) is 13.7. The number of hydrogen-bond acceptors (Lipinski definition) is 4. The molecule has 3 rings (SSSR count). The summed E-state index contributed by atoms with van der Waals surface area (Å²) in [6, 6.07) is 2.50. The van der Waals surface area contributed by atoms with E-state index in [0.29, 0.717) is 18.8 Å². The normalized spacial score (nSPS) is 24.6. The molecule has 2 atom stereocenters.